The Hall–Kier alpha value is -2.83. The molecule has 0 bridgehead atoms. The number of ether oxygens (including phenoxy) is 2. The molecule has 0 aliphatic carbocycles. The molecule has 7 nitrogen and oxygen atoms in total. The zero-order chi connectivity index (χ0) is 17.7. The maximum atomic E-state index is 12.4. The molecule has 1 heterocycles. The normalized spacial score (nSPS) is 10.3. The summed E-state index contributed by atoms with van der Waals surface area (Å²) in [4.78, 5) is 24.0. The minimum absolute atomic E-state index is 0.0128. The lowest BCUT2D eigenvalue weighted by Gasteiger charge is -2.07. The predicted molar refractivity (Wildman–Crippen MR) is 89.3 cm³/mol. The van der Waals surface area contributed by atoms with Crippen LogP contribution in [0.15, 0.2) is 24.3 Å². The van der Waals surface area contributed by atoms with Crippen LogP contribution in [0.4, 0.5) is 5.69 Å². The summed E-state index contributed by atoms with van der Waals surface area (Å²) >= 11 is 0. The monoisotopic (exact) mass is 331 g/mol. The lowest BCUT2D eigenvalue weighted by atomic mass is 10.2. The van der Waals surface area contributed by atoms with Crippen molar-refractivity contribution in [1.29, 1.82) is 0 Å². The largest absolute Gasteiger partial charge is 0.497 e. The molecule has 0 radical (unpaired) electrons. The third kappa shape index (κ3) is 3.92. The van der Waals surface area contributed by atoms with E-state index >= 15 is 0 Å². The molecule has 7 heteroatoms. The summed E-state index contributed by atoms with van der Waals surface area (Å²) < 4.78 is 11.5. The number of carbonyl (C=O) groups is 2. The van der Waals surface area contributed by atoms with Crippen LogP contribution < -0.4 is 10.1 Å². The minimum Gasteiger partial charge on any atom is -0.497 e. The number of aryl methyl sites for hydroxylation is 1. The second-order valence-corrected chi connectivity index (χ2v) is 5.19. The summed E-state index contributed by atoms with van der Waals surface area (Å²) in [5, 5.41) is 7.13. The van der Waals surface area contributed by atoms with Gasteiger partial charge < -0.3 is 14.8 Å². The van der Waals surface area contributed by atoms with Gasteiger partial charge in [-0.3, -0.25) is 14.3 Å². The third-order valence-corrected chi connectivity index (χ3v) is 3.56. The number of rotatable bonds is 6. The molecule has 1 amide bonds. The van der Waals surface area contributed by atoms with Gasteiger partial charge in [-0.15, -0.1) is 0 Å². The highest BCUT2D eigenvalue weighted by Gasteiger charge is 2.17. The van der Waals surface area contributed by atoms with Crippen molar-refractivity contribution in [2.24, 2.45) is 0 Å². The first-order valence-corrected chi connectivity index (χ1v) is 7.61. The van der Waals surface area contributed by atoms with Crippen molar-refractivity contribution in [3.05, 3.63) is 41.2 Å². The second-order valence-electron chi connectivity index (χ2n) is 5.19. The maximum absolute atomic E-state index is 12.4. The number of benzene rings is 1. The Balaban J connectivity index is 2.15. The topological polar surface area (TPSA) is 82.5 Å². The number of amides is 1. The van der Waals surface area contributed by atoms with E-state index < -0.39 is 0 Å². The number of aromatic nitrogens is 2. The number of carbonyl (C=O) groups excluding carboxylic acids is 2. The fourth-order valence-corrected chi connectivity index (χ4v) is 2.29. The molecule has 0 atom stereocenters. The summed E-state index contributed by atoms with van der Waals surface area (Å²) in [5.41, 5.74) is 2.44. The third-order valence-electron chi connectivity index (χ3n) is 3.56. The van der Waals surface area contributed by atoms with Crippen molar-refractivity contribution in [1.82, 2.24) is 9.78 Å². The quantitative estimate of drug-likeness (QED) is 0.822. The molecule has 2 rings (SSSR count). The highest BCUT2D eigenvalue weighted by Crippen LogP contribution is 2.21. The Morgan fingerprint density at radius 3 is 2.46 bits per heavy atom. The van der Waals surface area contributed by atoms with Crippen molar-refractivity contribution < 1.29 is 19.1 Å². The summed E-state index contributed by atoms with van der Waals surface area (Å²) in [6.45, 7) is 5.65. The van der Waals surface area contributed by atoms with Crippen molar-refractivity contribution in [3.8, 4) is 5.75 Å². The Labute approximate surface area is 140 Å². The number of methoxy groups -OCH3 is 1. The number of hydrogen-bond acceptors (Lipinski definition) is 5. The van der Waals surface area contributed by atoms with Crippen LogP contribution in [0.5, 0.6) is 5.75 Å². The van der Waals surface area contributed by atoms with Gasteiger partial charge in [-0.2, -0.15) is 5.10 Å². The van der Waals surface area contributed by atoms with E-state index in [9.17, 15) is 9.59 Å². The Bertz CT molecular complexity index is 735. The molecular weight excluding hydrogens is 310 g/mol. The average Bonchev–Trinajstić information content (AvgIpc) is 2.82. The van der Waals surface area contributed by atoms with Gasteiger partial charge in [0.25, 0.3) is 5.91 Å². The van der Waals surface area contributed by atoms with Gasteiger partial charge in [-0.05, 0) is 45.0 Å². The molecule has 24 heavy (non-hydrogen) atoms. The molecule has 0 aliphatic rings. The first kappa shape index (κ1) is 17.5. The zero-order valence-electron chi connectivity index (χ0n) is 14.3. The molecule has 0 fully saturated rings. The lowest BCUT2D eigenvalue weighted by Crippen LogP contribution is -2.16. The maximum Gasteiger partial charge on any atom is 0.327 e. The van der Waals surface area contributed by atoms with E-state index in [1.54, 1.807) is 52.1 Å². The van der Waals surface area contributed by atoms with Gasteiger partial charge in [-0.25, -0.2) is 0 Å². The average molecular weight is 331 g/mol. The molecule has 1 aromatic heterocycles. The summed E-state index contributed by atoms with van der Waals surface area (Å²) in [5.74, 6) is 0.0665. The van der Waals surface area contributed by atoms with Crippen LogP contribution >= 0.6 is 0 Å². The summed E-state index contributed by atoms with van der Waals surface area (Å²) in [7, 11) is 1.57. The Kier molecular flexibility index (Phi) is 5.57. The molecule has 1 N–H and O–H groups in total. The van der Waals surface area contributed by atoms with Gasteiger partial charge >= 0.3 is 5.97 Å². The van der Waals surface area contributed by atoms with E-state index in [2.05, 4.69) is 10.4 Å². The number of anilines is 1. The van der Waals surface area contributed by atoms with Crippen molar-refractivity contribution in [3.63, 3.8) is 0 Å². The van der Waals surface area contributed by atoms with Gasteiger partial charge in [0.2, 0.25) is 0 Å². The van der Waals surface area contributed by atoms with Crippen LogP contribution in [0.1, 0.15) is 28.7 Å². The van der Waals surface area contributed by atoms with Crippen LogP contribution in [-0.2, 0) is 16.1 Å². The van der Waals surface area contributed by atoms with Crippen LogP contribution in [0, 0.1) is 13.8 Å². The molecule has 2 aromatic rings. The van der Waals surface area contributed by atoms with E-state index in [0.717, 1.165) is 0 Å². The fraction of sp³-hybridized carbons (Fsp3) is 0.353. The highest BCUT2D eigenvalue weighted by atomic mass is 16.5. The van der Waals surface area contributed by atoms with Crippen LogP contribution in [0.3, 0.4) is 0 Å². The zero-order valence-corrected chi connectivity index (χ0v) is 14.3. The van der Waals surface area contributed by atoms with Crippen LogP contribution in [0.25, 0.3) is 0 Å². The molecule has 0 aliphatic heterocycles. The number of nitrogens with one attached hydrogen (secondary N) is 1. The molecule has 0 unspecified atom stereocenters. The molecule has 0 saturated carbocycles. The number of nitrogens with zero attached hydrogens (tertiary/aromatic N) is 2. The molecule has 0 spiro atoms. The molecular formula is C17H21N3O4. The highest BCUT2D eigenvalue weighted by molar-refractivity contribution is 6.04. The minimum atomic E-state index is -0.365. The SMILES string of the molecule is CCOC(=O)Cn1nc(C)c(NC(=O)c2ccc(OC)cc2)c1C. The Morgan fingerprint density at radius 2 is 1.88 bits per heavy atom. The van der Waals surface area contributed by atoms with Crippen LogP contribution in [-0.4, -0.2) is 35.4 Å². The standard InChI is InChI=1S/C17H21N3O4/c1-5-24-15(21)10-20-12(3)16(11(2)19-20)18-17(22)13-6-8-14(23-4)9-7-13/h6-9H,5,10H2,1-4H3,(H,18,22). The van der Waals surface area contributed by atoms with Gasteiger partial charge in [0.05, 0.1) is 30.8 Å². The number of esters is 1. The van der Waals surface area contributed by atoms with E-state index in [0.29, 0.717) is 35.0 Å². The van der Waals surface area contributed by atoms with E-state index in [1.165, 1.54) is 4.68 Å². The fourth-order valence-electron chi connectivity index (χ4n) is 2.29. The van der Waals surface area contributed by atoms with E-state index in [4.69, 9.17) is 9.47 Å². The lowest BCUT2D eigenvalue weighted by molar-refractivity contribution is -0.144. The molecule has 1 aromatic carbocycles. The first-order valence-electron chi connectivity index (χ1n) is 7.61. The van der Waals surface area contributed by atoms with Gasteiger partial charge in [0.15, 0.2) is 0 Å². The van der Waals surface area contributed by atoms with Crippen molar-refractivity contribution in [2.45, 2.75) is 27.3 Å². The smallest absolute Gasteiger partial charge is 0.327 e. The number of hydrogen-bond donors (Lipinski definition) is 1. The van der Waals surface area contributed by atoms with Crippen LogP contribution in [0.2, 0.25) is 0 Å². The molecule has 128 valence electrons. The first-order chi connectivity index (χ1) is 11.5. The van der Waals surface area contributed by atoms with Gasteiger partial charge in [0.1, 0.15) is 12.3 Å². The van der Waals surface area contributed by atoms with Crippen molar-refractivity contribution in [2.75, 3.05) is 19.0 Å². The van der Waals surface area contributed by atoms with Gasteiger partial charge in [-0.1, -0.05) is 0 Å². The summed E-state index contributed by atoms with van der Waals surface area (Å²) in [6.07, 6.45) is 0. The van der Waals surface area contributed by atoms with Gasteiger partial charge in [0, 0.05) is 5.56 Å². The summed E-state index contributed by atoms with van der Waals surface area (Å²) in [6, 6.07) is 6.81. The van der Waals surface area contributed by atoms with E-state index in [-0.39, 0.29) is 18.4 Å². The van der Waals surface area contributed by atoms with E-state index in [1.807, 2.05) is 0 Å². The predicted octanol–water partition coefficient (Wildman–Crippen LogP) is 2.32. The second kappa shape index (κ2) is 7.63. The molecule has 0 saturated heterocycles. The Morgan fingerprint density at radius 1 is 1.21 bits per heavy atom. The van der Waals surface area contributed by atoms with Crippen molar-refractivity contribution >= 4 is 17.6 Å².